The Balaban J connectivity index is 1.91. The summed E-state index contributed by atoms with van der Waals surface area (Å²) in [6.07, 6.45) is 8.23. The Morgan fingerprint density at radius 1 is 1.43 bits per heavy atom. The molecule has 2 rings (SSSR count). The van der Waals surface area contributed by atoms with E-state index in [1.807, 2.05) is 6.20 Å². The fraction of sp³-hybridized carbons (Fsp3) is 0.750. The summed E-state index contributed by atoms with van der Waals surface area (Å²) in [5.41, 5.74) is 5.44. The smallest absolute Gasteiger partial charge is 0.221 e. The fourth-order valence-electron chi connectivity index (χ4n) is 3.26. The topological polar surface area (TPSA) is 64.2 Å². The maximum Gasteiger partial charge on any atom is 0.221 e. The van der Waals surface area contributed by atoms with Crippen LogP contribution in [0.2, 0.25) is 0 Å². The Labute approximate surface area is 127 Å². The lowest BCUT2D eigenvalue weighted by atomic mass is 9.97. The van der Waals surface area contributed by atoms with Crippen LogP contribution in [0.1, 0.15) is 51.3 Å². The van der Waals surface area contributed by atoms with Gasteiger partial charge in [0, 0.05) is 37.9 Å². The molecular formula is C16H28N4O. The van der Waals surface area contributed by atoms with Gasteiger partial charge in [-0.3, -0.25) is 4.79 Å². The average molecular weight is 292 g/mol. The lowest BCUT2D eigenvalue weighted by molar-refractivity contribution is -0.123. The van der Waals surface area contributed by atoms with Crippen LogP contribution < -0.4 is 5.73 Å². The van der Waals surface area contributed by atoms with Crippen molar-refractivity contribution >= 4 is 5.91 Å². The standard InChI is InChI=1S/C16H28N4O/c1-3-13(4-2)16-18-7-9-20(16)11-10-19-8-5-6-14(12-19)15(17)21/h7,9,13-14H,3-6,8,10-12H2,1-2H3,(H2,17,21)/t14-/m0/s1. The predicted molar refractivity (Wildman–Crippen MR) is 83.9 cm³/mol. The van der Waals surface area contributed by atoms with Gasteiger partial charge in [0.15, 0.2) is 0 Å². The number of imidazole rings is 1. The van der Waals surface area contributed by atoms with Crippen molar-refractivity contribution in [1.29, 1.82) is 0 Å². The summed E-state index contributed by atoms with van der Waals surface area (Å²) < 4.78 is 2.27. The van der Waals surface area contributed by atoms with E-state index in [-0.39, 0.29) is 11.8 Å². The highest BCUT2D eigenvalue weighted by Gasteiger charge is 2.23. The zero-order chi connectivity index (χ0) is 15.2. The molecule has 0 aromatic carbocycles. The number of likely N-dealkylation sites (tertiary alicyclic amines) is 1. The lowest BCUT2D eigenvalue weighted by Crippen LogP contribution is -2.42. The summed E-state index contributed by atoms with van der Waals surface area (Å²) in [7, 11) is 0. The molecule has 1 aliphatic heterocycles. The molecule has 0 radical (unpaired) electrons. The van der Waals surface area contributed by atoms with Crippen molar-refractivity contribution in [2.45, 2.75) is 52.0 Å². The van der Waals surface area contributed by atoms with Gasteiger partial charge in [0.2, 0.25) is 5.91 Å². The third-order valence-corrected chi connectivity index (χ3v) is 4.66. The molecule has 1 saturated heterocycles. The molecule has 1 aliphatic rings. The Kier molecular flexibility index (Phi) is 5.79. The van der Waals surface area contributed by atoms with Crippen molar-refractivity contribution in [2.24, 2.45) is 11.7 Å². The SMILES string of the molecule is CCC(CC)c1nccn1CCN1CCC[C@H](C(N)=O)C1. The lowest BCUT2D eigenvalue weighted by Gasteiger charge is -2.31. The number of nitrogens with zero attached hydrogens (tertiary/aromatic N) is 3. The zero-order valence-electron chi connectivity index (χ0n) is 13.3. The highest BCUT2D eigenvalue weighted by atomic mass is 16.1. The third-order valence-electron chi connectivity index (χ3n) is 4.66. The first-order chi connectivity index (χ1) is 10.2. The summed E-state index contributed by atoms with van der Waals surface area (Å²) >= 11 is 0. The van der Waals surface area contributed by atoms with E-state index in [0.29, 0.717) is 5.92 Å². The molecule has 1 aromatic heterocycles. The van der Waals surface area contributed by atoms with Crippen LogP contribution >= 0.6 is 0 Å². The Hall–Kier alpha value is -1.36. The number of carbonyl (C=O) groups is 1. The van der Waals surface area contributed by atoms with E-state index in [0.717, 1.165) is 51.9 Å². The number of primary amides is 1. The van der Waals surface area contributed by atoms with Gasteiger partial charge >= 0.3 is 0 Å². The number of piperidine rings is 1. The van der Waals surface area contributed by atoms with E-state index in [1.165, 1.54) is 5.82 Å². The van der Waals surface area contributed by atoms with Gasteiger partial charge in [-0.25, -0.2) is 4.98 Å². The molecule has 21 heavy (non-hydrogen) atoms. The molecule has 1 aromatic rings. The van der Waals surface area contributed by atoms with Crippen LogP contribution in [-0.2, 0) is 11.3 Å². The van der Waals surface area contributed by atoms with E-state index < -0.39 is 0 Å². The Morgan fingerprint density at radius 3 is 2.86 bits per heavy atom. The first-order valence-corrected chi connectivity index (χ1v) is 8.18. The number of rotatable bonds is 7. The van der Waals surface area contributed by atoms with Gasteiger partial charge in [-0.2, -0.15) is 0 Å². The van der Waals surface area contributed by atoms with Crippen molar-refractivity contribution in [3.63, 3.8) is 0 Å². The summed E-state index contributed by atoms with van der Waals surface area (Å²) in [4.78, 5) is 18.2. The minimum Gasteiger partial charge on any atom is -0.369 e. The minimum atomic E-state index is -0.153. The van der Waals surface area contributed by atoms with Gasteiger partial charge < -0.3 is 15.2 Å². The van der Waals surface area contributed by atoms with E-state index in [4.69, 9.17) is 5.73 Å². The second-order valence-corrected chi connectivity index (χ2v) is 6.03. The van der Waals surface area contributed by atoms with Gasteiger partial charge in [0.1, 0.15) is 5.82 Å². The normalized spacial score (nSPS) is 20.0. The van der Waals surface area contributed by atoms with Crippen molar-refractivity contribution in [3.8, 4) is 0 Å². The monoisotopic (exact) mass is 292 g/mol. The van der Waals surface area contributed by atoms with Crippen LogP contribution in [0, 0.1) is 5.92 Å². The van der Waals surface area contributed by atoms with Crippen LogP contribution in [0.25, 0.3) is 0 Å². The number of aromatic nitrogens is 2. The molecule has 1 amide bonds. The highest BCUT2D eigenvalue weighted by Crippen LogP contribution is 2.21. The van der Waals surface area contributed by atoms with E-state index >= 15 is 0 Å². The van der Waals surface area contributed by atoms with E-state index in [2.05, 4.69) is 34.5 Å². The molecule has 0 spiro atoms. The predicted octanol–water partition coefficient (Wildman–Crippen LogP) is 1.98. The van der Waals surface area contributed by atoms with Crippen molar-refractivity contribution in [1.82, 2.24) is 14.5 Å². The molecule has 2 N–H and O–H groups in total. The Morgan fingerprint density at radius 2 is 2.19 bits per heavy atom. The van der Waals surface area contributed by atoms with Crippen molar-refractivity contribution in [2.75, 3.05) is 19.6 Å². The molecule has 2 heterocycles. The fourth-order valence-corrected chi connectivity index (χ4v) is 3.26. The average Bonchev–Trinajstić information content (AvgIpc) is 2.95. The quantitative estimate of drug-likeness (QED) is 0.836. The molecule has 0 saturated carbocycles. The summed E-state index contributed by atoms with van der Waals surface area (Å²) in [6.45, 7) is 8.22. The van der Waals surface area contributed by atoms with Crippen LogP contribution in [0.3, 0.4) is 0 Å². The second kappa shape index (κ2) is 7.59. The van der Waals surface area contributed by atoms with Crippen LogP contribution in [0.4, 0.5) is 0 Å². The van der Waals surface area contributed by atoms with Gasteiger partial charge in [-0.1, -0.05) is 13.8 Å². The number of hydrogen-bond acceptors (Lipinski definition) is 3. The molecule has 5 heteroatoms. The number of amides is 1. The third kappa shape index (κ3) is 4.06. The van der Waals surface area contributed by atoms with Crippen molar-refractivity contribution in [3.05, 3.63) is 18.2 Å². The molecule has 0 aliphatic carbocycles. The number of carbonyl (C=O) groups excluding carboxylic acids is 1. The maximum atomic E-state index is 11.3. The maximum absolute atomic E-state index is 11.3. The van der Waals surface area contributed by atoms with Gasteiger partial charge in [0.25, 0.3) is 0 Å². The minimum absolute atomic E-state index is 0.0278. The molecule has 0 bridgehead atoms. The van der Waals surface area contributed by atoms with Crippen molar-refractivity contribution < 1.29 is 4.79 Å². The van der Waals surface area contributed by atoms with Gasteiger partial charge in [-0.15, -0.1) is 0 Å². The zero-order valence-corrected chi connectivity index (χ0v) is 13.3. The van der Waals surface area contributed by atoms with Crippen LogP contribution in [0.5, 0.6) is 0 Å². The molecular weight excluding hydrogens is 264 g/mol. The molecule has 118 valence electrons. The molecule has 1 atom stereocenters. The van der Waals surface area contributed by atoms with E-state index in [1.54, 1.807) is 0 Å². The molecule has 1 fully saturated rings. The summed E-state index contributed by atoms with van der Waals surface area (Å²) in [6, 6.07) is 0. The highest BCUT2D eigenvalue weighted by molar-refractivity contribution is 5.76. The number of nitrogens with two attached hydrogens (primary N) is 1. The van der Waals surface area contributed by atoms with Crippen LogP contribution in [0.15, 0.2) is 12.4 Å². The largest absolute Gasteiger partial charge is 0.369 e. The Bertz CT molecular complexity index is 453. The summed E-state index contributed by atoms with van der Waals surface area (Å²) in [5.74, 6) is 1.61. The van der Waals surface area contributed by atoms with Gasteiger partial charge in [-0.05, 0) is 32.2 Å². The van der Waals surface area contributed by atoms with Gasteiger partial charge in [0.05, 0.1) is 5.92 Å². The van der Waals surface area contributed by atoms with E-state index in [9.17, 15) is 4.79 Å². The summed E-state index contributed by atoms with van der Waals surface area (Å²) in [5, 5.41) is 0. The molecule has 0 unspecified atom stereocenters. The number of hydrogen-bond donors (Lipinski definition) is 1. The first kappa shape index (κ1) is 16.0. The molecule has 5 nitrogen and oxygen atoms in total. The van der Waals surface area contributed by atoms with Crippen LogP contribution in [-0.4, -0.2) is 40.0 Å². The second-order valence-electron chi connectivity index (χ2n) is 6.03. The first-order valence-electron chi connectivity index (χ1n) is 8.18.